The Bertz CT molecular complexity index is 231. The Kier molecular flexibility index (Phi) is 3.84. The second-order valence-electron chi connectivity index (χ2n) is 3.07. The fourth-order valence-corrected chi connectivity index (χ4v) is 1.29. The zero-order chi connectivity index (χ0) is 10.6. The zero-order valence-corrected chi connectivity index (χ0v) is 7.95. The lowest BCUT2D eigenvalue weighted by Gasteiger charge is -2.11. The average molecular weight is 202 g/mol. The summed E-state index contributed by atoms with van der Waals surface area (Å²) in [7, 11) is 1.52. The van der Waals surface area contributed by atoms with Gasteiger partial charge in [-0.2, -0.15) is 0 Å². The third kappa shape index (κ3) is 2.43. The highest BCUT2D eigenvalue weighted by atomic mass is 16.5. The Balaban J connectivity index is 2.39. The van der Waals surface area contributed by atoms with Crippen molar-refractivity contribution >= 4 is 11.8 Å². The SMILES string of the molecule is COCCNC(=O)C1C(=O)NCC1O. The molecule has 1 aliphatic heterocycles. The summed E-state index contributed by atoms with van der Waals surface area (Å²) in [6.45, 7) is 0.864. The van der Waals surface area contributed by atoms with Crippen LogP contribution in [0.5, 0.6) is 0 Å². The number of amides is 2. The van der Waals surface area contributed by atoms with Crippen molar-refractivity contribution in [3.05, 3.63) is 0 Å². The molecule has 1 rings (SSSR count). The molecule has 2 atom stereocenters. The molecule has 1 aliphatic rings. The van der Waals surface area contributed by atoms with Crippen LogP contribution in [0.25, 0.3) is 0 Å². The van der Waals surface area contributed by atoms with E-state index in [1.807, 2.05) is 0 Å². The maximum absolute atomic E-state index is 11.4. The van der Waals surface area contributed by atoms with Gasteiger partial charge in [-0.25, -0.2) is 0 Å². The lowest BCUT2D eigenvalue weighted by atomic mass is 10.1. The fraction of sp³-hybridized carbons (Fsp3) is 0.750. The van der Waals surface area contributed by atoms with Gasteiger partial charge in [-0.1, -0.05) is 0 Å². The van der Waals surface area contributed by atoms with Gasteiger partial charge in [0.25, 0.3) is 0 Å². The molecule has 0 spiro atoms. The van der Waals surface area contributed by atoms with Gasteiger partial charge in [0, 0.05) is 20.2 Å². The molecule has 0 radical (unpaired) electrons. The van der Waals surface area contributed by atoms with Crippen molar-refractivity contribution in [2.45, 2.75) is 6.10 Å². The van der Waals surface area contributed by atoms with E-state index < -0.39 is 23.8 Å². The van der Waals surface area contributed by atoms with Crippen molar-refractivity contribution in [3.63, 3.8) is 0 Å². The first kappa shape index (κ1) is 10.9. The summed E-state index contributed by atoms with van der Waals surface area (Å²) in [6, 6.07) is 0. The molecule has 0 aliphatic carbocycles. The van der Waals surface area contributed by atoms with Crippen LogP contribution in [0.4, 0.5) is 0 Å². The maximum Gasteiger partial charge on any atom is 0.235 e. The third-order valence-electron chi connectivity index (χ3n) is 2.04. The van der Waals surface area contributed by atoms with Crippen LogP contribution in [0.1, 0.15) is 0 Å². The van der Waals surface area contributed by atoms with Crippen LogP contribution in [-0.4, -0.2) is 49.8 Å². The van der Waals surface area contributed by atoms with Gasteiger partial charge in [-0.3, -0.25) is 9.59 Å². The Morgan fingerprint density at radius 3 is 3.00 bits per heavy atom. The van der Waals surface area contributed by atoms with Crippen molar-refractivity contribution in [2.24, 2.45) is 5.92 Å². The number of methoxy groups -OCH3 is 1. The molecule has 6 heteroatoms. The van der Waals surface area contributed by atoms with Crippen LogP contribution >= 0.6 is 0 Å². The maximum atomic E-state index is 11.4. The number of ether oxygens (including phenoxy) is 1. The molecule has 6 nitrogen and oxygen atoms in total. The van der Waals surface area contributed by atoms with Crippen LogP contribution in [0.3, 0.4) is 0 Å². The fourth-order valence-electron chi connectivity index (χ4n) is 1.29. The largest absolute Gasteiger partial charge is 0.390 e. The smallest absolute Gasteiger partial charge is 0.235 e. The summed E-state index contributed by atoms with van der Waals surface area (Å²) in [5.41, 5.74) is 0. The number of nitrogens with one attached hydrogen (secondary N) is 2. The van der Waals surface area contributed by atoms with Crippen LogP contribution in [-0.2, 0) is 14.3 Å². The van der Waals surface area contributed by atoms with Crippen LogP contribution in [0, 0.1) is 5.92 Å². The van der Waals surface area contributed by atoms with Crippen LogP contribution < -0.4 is 10.6 Å². The van der Waals surface area contributed by atoms with Gasteiger partial charge >= 0.3 is 0 Å². The van der Waals surface area contributed by atoms with E-state index in [4.69, 9.17) is 4.74 Å². The van der Waals surface area contributed by atoms with E-state index in [2.05, 4.69) is 10.6 Å². The predicted octanol–water partition coefficient (Wildman–Crippen LogP) is -2.14. The topological polar surface area (TPSA) is 87.7 Å². The van der Waals surface area contributed by atoms with E-state index in [-0.39, 0.29) is 6.54 Å². The quantitative estimate of drug-likeness (QED) is 0.358. The van der Waals surface area contributed by atoms with Crippen molar-refractivity contribution in [3.8, 4) is 0 Å². The molecular formula is C8H14N2O4. The highest BCUT2D eigenvalue weighted by molar-refractivity contribution is 6.02. The van der Waals surface area contributed by atoms with E-state index in [1.165, 1.54) is 7.11 Å². The first-order valence-electron chi connectivity index (χ1n) is 4.39. The summed E-state index contributed by atoms with van der Waals surface area (Å²) in [6.07, 6.45) is -0.926. The molecule has 2 amide bonds. The number of aliphatic hydroxyl groups is 1. The molecule has 14 heavy (non-hydrogen) atoms. The summed E-state index contributed by atoms with van der Waals surface area (Å²) >= 11 is 0. The average Bonchev–Trinajstić information content (AvgIpc) is 2.46. The van der Waals surface area contributed by atoms with E-state index in [9.17, 15) is 14.7 Å². The van der Waals surface area contributed by atoms with E-state index in [1.54, 1.807) is 0 Å². The number of carbonyl (C=O) groups excluding carboxylic acids is 2. The summed E-state index contributed by atoms with van der Waals surface area (Å²) in [5, 5.41) is 14.2. The minimum atomic E-state index is -0.980. The third-order valence-corrected chi connectivity index (χ3v) is 2.04. The Labute approximate surface area is 81.6 Å². The molecule has 0 bridgehead atoms. The Hall–Kier alpha value is -1.14. The number of hydrogen-bond acceptors (Lipinski definition) is 4. The number of hydrogen-bond donors (Lipinski definition) is 3. The second-order valence-corrected chi connectivity index (χ2v) is 3.07. The molecule has 0 saturated carbocycles. The molecular weight excluding hydrogens is 188 g/mol. The molecule has 1 heterocycles. The number of carbonyl (C=O) groups is 2. The molecule has 1 saturated heterocycles. The van der Waals surface area contributed by atoms with Gasteiger partial charge in [-0.05, 0) is 0 Å². The van der Waals surface area contributed by atoms with Gasteiger partial charge in [-0.15, -0.1) is 0 Å². The monoisotopic (exact) mass is 202 g/mol. The van der Waals surface area contributed by atoms with Gasteiger partial charge in [0.15, 0.2) is 0 Å². The molecule has 3 N–H and O–H groups in total. The Morgan fingerprint density at radius 1 is 1.79 bits per heavy atom. The minimum Gasteiger partial charge on any atom is -0.390 e. The van der Waals surface area contributed by atoms with Crippen LogP contribution in [0.15, 0.2) is 0 Å². The molecule has 80 valence electrons. The van der Waals surface area contributed by atoms with Gasteiger partial charge < -0.3 is 20.5 Å². The molecule has 2 unspecified atom stereocenters. The van der Waals surface area contributed by atoms with Crippen molar-refractivity contribution in [1.82, 2.24) is 10.6 Å². The van der Waals surface area contributed by atoms with Crippen molar-refractivity contribution in [2.75, 3.05) is 26.8 Å². The van der Waals surface area contributed by atoms with E-state index >= 15 is 0 Å². The predicted molar refractivity (Wildman–Crippen MR) is 47.4 cm³/mol. The standard InChI is InChI=1S/C8H14N2O4/c1-14-3-2-9-7(12)6-5(11)4-10-8(6)13/h5-6,11H,2-4H2,1H3,(H,9,12)(H,10,13). The number of rotatable bonds is 4. The van der Waals surface area contributed by atoms with Crippen molar-refractivity contribution < 1.29 is 19.4 Å². The number of β-amino-alcohol motifs (C(OH)–C–C–N with tert-alkyl or cyclic N) is 1. The minimum absolute atomic E-state index is 0.140. The summed E-state index contributed by atoms with van der Waals surface area (Å²) in [4.78, 5) is 22.4. The molecule has 0 aromatic carbocycles. The first-order valence-corrected chi connectivity index (χ1v) is 4.39. The highest BCUT2D eigenvalue weighted by Crippen LogP contribution is 2.09. The zero-order valence-electron chi connectivity index (χ0n) is 7.95. The number of aliphatic hydroxyl groups excluding tert-OH is 1. The summed E-state index contributed by atoms with van der Waals surface area (Å²) < 4.78 is 4.73. The molecule has 0 aromatic rings. The van der Waals surface area contributed by atoms with Crippen molar-refractivity contribution in [1.29, 1.82) is 0 Å². The van der Waals surface area contributed by atoms with Gasteiger partial charge in [0.05, 0.1) is 12.7 Å². The highest BCUT2D eigenvalue weighted by Gasteiger charge is 2.38. The van der Waals surface area contributed by atoms with Crippen LogP contribution in [0.2, 0.25) is 0 Å². The lowest BCUT2D eigenvalue weighted by Crippen LogP contribution is -2.40. The first-order chi connectivity index (χ1) is 6.66. The van der Waals surface area contributed by atoms with Gasteiger partial charge in [0.2, 0.25) is 11.8 Å². The van der Waals surface area contributed by atoms with Gasteiger partial charge in [0.1, 0.15) is 5.92 Å². The summed E-state index contributed by atoms with van der Waals surface area (Å²) in [5.74, 6) is -1.86. The van der Waals surface area contributed by atoms with E-state index in [0.717, 1.165) is 0 Å². The second kappa shape index (κ2) is 4.92. The molecule has 0 aromatic heterocycles. The Morgan fingerprint density at radius 2 is 2.50 bits per heavy atom. The molecule has 1 fully saturated rings. The van der Waals surface area contributed by atoms with E-state index in [0.29, 0.717) is 13.2 Å². The normalized spacial score (nSPS) is 26.0. The lowest BCUT2D eigenvalue weighted by molar-refractivity contribution is -0.135.